The average molecular weight is 428 g/mol. The van der Waals surface area contributed by atoms with Crippen LogP contribution in [0.5, 0.6) is 11.5 Å². The highest BCUT2D eigenvalue weighted by Gasteiger charge is 2.10. The zero-order chi connectivity index (χ0) is 22.6. The number of amides is 2. The Bertz CT molecular complexity index is 926. The number of hydrogen-bond acceptors (Lipinski definition) is 8. The van der Waals surface area contributed by atoms with Gasteiger partial charge < -0.3 is 19.7 Å². The summed E-state index contributed by atoms with van der Waals surface area (Å²) in [7, 11) is 3.04. The van der Waals surface area contributed by atoms with Gasteiger partial charge in [-0.15, -0.1) is 0 Å². The normalized spacial score (nSPS) is 12.3. The molecule has 164 valence electrons. The summed E-state index contributed by atoms with van der Waals surface area (Å²) in [5.74, 6) is 0.254. The Morgan fingerprint density at radius 3 is 1.87 bits per heavy atom. The lowest BCUT2D eigenvalue weighted by Gasteiger charge is -2.08. The lowest BCUT2D eigenvalue weighted by atomic mass is 10.2. The van der Waals surface area contributed by atoms with Gasteiger partial charge in [0.05, 0.1) is 38.9 Å². The summed E-state index contributed by atoms with van der Waals surface area (Å²) in [5.41, 5.74) is 5.52. The molecule has 10 nitrogen and oxygen atoms in total. The van der Waals surface area contributed by atoms with E-state index in [0.717, 1.165) is 0 Å². The molecule has 0 spiro atoms. The van der Waals surface area contributed by atoms with Gasteiger partial charge in [-0.2, -0.15) is 10.2 Å². The van der Waals surface area contributed by atoms with E-state index in [0.29, 0.717) is 22.6 Å². The molecule has 0 radical (unpaired) electrons. The van der Waals surface area contributed by atoms with Crippen molar-refractivity contribution in [1.82, 2.24) is 10.9 Å². The van der Waals surface area contributed by atoms with Crippen molar-refractivity contribution < 1.29 is 29.3 Å². The number of carbonyl (C=O) groups excluding carboxylic acids is 2. The zero-order valence-electron chi connectivity index (χ0n) is 17.1. The van der Waals surface area contributed by atoms with Gasteiger partial charge in [-0.25, -0.2) is 10.9 Å². The van der Waals surface area contributed by atoms with Gasteiger partial charge in [-0.3, -0.25) is 9.59 Å². The fraction of sp³-hybridized carbons (Fsp3) is 0.238. The first-order chi connectivity index (χ1) is 15.0. The number of aliphatic hydroxyl groups excluding tert-OH is 2. The van der Waals surface area contributed by atoms with Gasteiger partial charge in [0.25, 0.3) is 11.8 Å². The Kier molecular flexibility index (Phi) is 9.14. The number of rotatable bonds is 10. The Hall–Kier alpha value is -3.76. The number of nitrogens with zero attached hydrogens (tertiary/aromatic N) is 2. The summed E-state index contributed by atoms with van der Waals surface area (Å²) in [5, 5.41) is 26.5. The number of hydrogen-bond donors (Lipinski definition) is 4. The van der Waals surface area contributed by atoms with Crippen molar-refractivity contribution >= 4 is 23.7 Å². The topological polar surface area (TPSA) is 142 Å². The number of ether oxygens (including phenoxy) is 2. The standard InChI is InChI=1S/C21H24N4O6/c1-30-18-7-3-14(4-8-18)20(28)24-22-12-16(11-17(27)13-26)23-25-21(29)15-5-9-19(31-2)10-6-15/h3-10,12,17,26-27H,11,13H2,1-2H3,(H,24,28)(H,25,29)/b22-12+,23-16?. The molecule has 0 aliphatic carbocycles. The Morgan fingerprint density at radius 2 is 1.42 bits per heavy atom. The van der Waals surface area contributed by atoms with Crippen molar-refractivity contribution in [3.05, 3.63) is 59.7 Å². The highest BCUT2D eigenvalue weighted by molar-refractivity contribution is 6.31. The molecule has 10 heteroatoms. The molecule has 0 saturated heterocycles. The second-order valence-electron chi connectivity index (χ2n) is 6.24. The van der Waals surface area contributed by atoms with Crippen LogP contribution in [0.1, 0.15) is 27.1 Å². The van der Waals surface area contributed by atoms with Gasteiger partial charge in [0.15, 0.2) is 0 Å². The van der Waals surface area contributed by atoms with Crippen molar-refractivity contribution in [1.29, 1.82) is 0 Å². The van der Waals surface area contributed by atoms with Gasteiger partial charge in [0.1, 0.15) is 11.5 Å². The molecule has 2 aromatic rings. The Labute approximate surface area is 179 Å². The van der Waals surface area contributed by atoms with Crippen LogP contribution in [0.3, 0.4) is 0 Å². The van der Waals surface area contributed by atoms with Crippen LogP contribution in [-0.2, 0) is 0 Å². The lowest BCUT2D eigenvalue weighted by Crippen LogP contribution is -2.25. The number of hydrazone groups is 2. The second kappa shape index (κ2) is 12.1. The summed E-state index contributed by atoms with van der Waals surface area (Å²) < 4.78 is 10.1. The maximum absolute atomic E-state index is 12.2. The smallest absolute Gasteiger partial charge is 0.271 e. The number of carbonyl (C=O) groups is 2. The van der Waals surface area contributed by atoms with Crippen LogP contribution >= 0.6 is 0 Å². The molecule has 0 saturated carbocycles. The van der Waals surface area contributed by atoms with Gasteiger partial charge in [0.2, 0.25) is 0 Å². The largest absolute Gasteiger partial charge is 0.497 e. The third-order valence-electron chi connectivity index (χ3n) is 4.04. The third kappa shape index (κ3) is 7.53. The quantitative estimate of drug-likeness (QED) is 0.328. The Morgan fingerprint density at radius 1 is 0.935 bits per heavy atom. The number of benzene rings is 2. The number of methoxy groups -OCH3 is 2. The fourth-order valence-electron chi connectivity index (χ4n) is 2.34. The van der Waals surface area contributed by atoms with Crippen molar-refractivity contribution in [2.45, 2.75) is 12.5 Å². The predicted molar refractivity (Wildman–Crippen MR) is 115 cm³/mol. The summed E-state index contributed by atoms with van der Waals surface area (Å²) in [4.78, 5) is 24.4. The SMILES string of the molecule is COc1ccc(C(=O)NN=C(/C=N/NC(=O)c2ccc(OC)cc2)CC(O)CO)cc1. The second-order valence-corrected chi connectivity index (χ2v) is 6.24. The lowest BCUT2D eigenvalue weighted by molar-refractivity contribution is 0.0943. The number of aliphatic hydroxyl groups is 2. The van der Waals surface area contributed by atoms with Crippen LogP contribution in [0.2, 0.25) is 0 Å². The van der Waals surface area contributed by atoms with E-state index >= 15 is 0 Å². The summed E-state index contributed by atoms with van der Waals surface area (Å²) >= 11 is 0. The van der Waals surface area contributed by atoms with Crippen LogP contribution < -0.4 is 20.3 Å². The van der Waals surface area contributed by atoms with Crippen LogP contribution in [-0.4, -0.2) is 60.9 Å². The predicted octanol–water partition coefficient (Wildman–Crippen LogP) is 0.949. The first-order valence-corrected chi connectivity index (χ1v) is 9.24. The van der Waals surface area contributed by atoms with Gasteiger partial charge >= 0.3 is 0 Å². The van der Waals surface area contributed by atoms with E-state index in [2.05, 4.69) is 21.1 Å². The average Bonchev–Trinajstić information content (AvgIpc) is 2.81. The number of nitrogens with one attached hydrogen (secondary N) is 2. The highest BCUT2D eigenvalue weighted by Crippen LogP contribution is 2.12. The maximum Gasteiger partial charge on any atom is 0.271 e. The van der Waals surface area contributed by atoms with Crippen molar-refractivity contribution in [3.63, 3.8) is 0 Å². The highest BCUT2D eigenvalue weighted by atomic mass is 16.5. The summed E-state index contributed by atoms with van der Waals surface area (Å²) in [6.45, 7) is -0.502. The summed E-state index contributed by atoms with van der Waals surface area (Å²) in [6, 6.07) is 12.8. The Balaban J connectivity index is 2.03. The van der Waals surface area contributed by atoms with Crippen molar-refractivity contribution in [2.75, 3.05) is 20.8 Å². The molecule has 0 aliphatic heterocycles. The third-order valence-corrected chi connectivity index (χ3v) is 4.04. The van der Waals surface area contributed by atoms with Gasteiger partial charge in [-0.05, 0) is 48.5 Å². The fourth-order valence-corrected chi connectivity index (χ4v) is 2.34. The summed E-state index contributed by atoms with van der Waals surface area (Å²) in [6.07, 6.45) is -0.0315. The molecule has 4 N–H and O–H groups in total. The zero-order valence-corrected chi connectivity index (χ0v) is 17.1. The molecule has 1 atom stereocenters. The van der Waals surface area contributed by atoms with E-state index in [4.69, 9.17) is 14.6 Å². The van der Waals surface area contributed by atoms with Crippen molar-refractivity contribution in [3.8, 4) is 11.5 Å². The first kappa shape index (κ1) is 23.5. The molecule has 2 rings (SSSR count). The molecule has 31 heavy (non-hydrogen) atoms. The molecule has 0 heterocycles. The molecule has 1 unspecified atom stereocenters. The van der Waals surface area contributed by atoms with E-state index in [1.165, 1.54) is 20.4 Å². The molecular weight excluding hydrogens is 404 g/mol. The minimum Gasteiger partial charge on any atom is -0.497 e. The molecule has 0 fully saturated rings. The van der Waals surface area contributed by atoms with Crippen LogP contribution in [0.25, 0.3) is 0 Å². The van der Waals surface area contributed by atoms with Crippen LogP contribution in [0, 0.1) is 0 Å². The van der Waals surface area contributed by atoms with Crippen LogP contribution in [0.15, 0.2) is 58.7 Å². The molecule has 2 aromatic carbocycles. The van der Waals surface area contributed by atoms with Gasteiger partial charge in [-0.1, -0.05) is 0 Å². The minimum atomic E-state index is -1.11. The maximum atomic E-state index is 12.2. The first-order valence-electron chi connectivity index (χ1n) is 9.24. The van der Waals surface area contributed by atoms with E-state index < -0.39 is 24.5 Å². The molecular formula is C21H24N4O6. The van der Waals surface area contributed by atoms with E-state index in [1.54, 1.807) is 48.5 Å². The van der Waals surface area contributed by atoms with Crippen LogP contribution in [0.4, 0.5) is 0 Å². The molecule has 0 aliphatic rings. The molecule has 0 bridgehead atoms. The van der Waals surface area contributed by atoms with E-state index in [-0.39, 0.29) is 12.1 Å². The van der Waals surface area contributed by atoms with Crippen molar-refractivity contribution in [2.24, 2.45) is 10.2 Å². The van der Waals surface area contributed by atoms with E-state index in [1.807, 2.05) is 0 Å². The molecule has 2 amide bonds. The van der Waals surface area contributed by atoms with Gasteiger partial charge in [0, 0.05) is 17.5 Å². The van der Waals surface area contributed by atoms with E-state index in [9.17, 15) is 14.7 Å². The molecule has 0 aromatic heterocycles. The minimum absolute atomic E-state index is 0.0959. The monoisotopic (exact) mass is 428 g/mol.